The van der Waals surface area contributed by atoms with E-state index in [1.54, 1.807) is 0 Å². The first kappa shape index (κ1) is 12.8. The molecule has 0 saturated carbocycles. The molecular formula is C13H16N4S. The first-order chi connectivity index (χ1) is 8.85. The monoisotopic (exact) mass is 260 g/mol. The van der Waals surface area contributed by atoms with E-state index in [1.807, 2.05) is 30.6 Å². The molecule has 1 heterocycles. The Labute approximate surface area is 112 Å². The van der Waals surface area contributed by atoms with Gasteiger partial charge in [0.25, 0.3) is 0 Å². The summed E-state index contributed by atoms with van der Waals surface area (Å²) in [4.78, 5) is 6.87. The minimum Gasteiger partial charge on any atom is -0.370 e. The summed E-state index contributed by atoms with van der Waals surface area (Å²) in [5.74, 6) is 0. The molecule has 94 valence electrons. The molecule has 1 aromatic carbocycles. The van der Waals surface area contributed by atoms with Gasteiger partial charge in [0.2, 0.25) is 0 Å². The molecule has 5 heteroatoms. The molecule has 2 rings (SSSR count). The molecule has 1 saturated heterocycles. The van der Waals surface area contributed by atoms with Crippen molar-refractivity contribution in [3.63, 3.8) is 0 Å². The van der Waals surface area contributed by atoms with Crippen LogP contribution in [0.5, 0.6) is 0 Å². The van der Waals surface area contributed by atoms with Crippen molar-refractivity contribution in [2.45, 2.75) is 12.8 Å². The van der Waals surface area contributed by atoms with Crippen molar-refractivity contribution in [2.75, 3.05) is 24.2 Å². The Morgan fingerprint density at radius 3 is 2.78 bits per heavy atom. The second-order valence-electron chi connectivity index (χ2n) is 4.04. The van der Waals surface area contributed by atoms with Crippen LogP contribution in [0, 0.1) is 11.5 Å². The molecule has 1 aromatic rings. The molecule has 0 unspecified atom stereocenters. The van der Waals surface area contributed by atoms with E-state index in [2.05, 4.69) is 21.3 Å². The van der Waals surface area contributed by atoms with Crippen LogP contribution in [-0.4, -0.2) is 24.5 Å². The number of amidine groups is 1. The van der Waals surface area contributed by atoms with Gasteiger partial charge in [-0.1, -0.05) is 23.9 Å². The van der Waals surface area contributed by atoms with E-state index in [-0.39, 0.29) is 0 Å². The second kappa shape index (κ2) is 6.31. The number of nitrogens with one attached hydrogen (secondary N) is 1. The van der Waals surface area contributed by atoms with Crippen molar-refractivity contribution >= 4 is 28.3 Å². The summed E-state index contributed by atoms with van der Waals surface area (Å²) in [7, 11) is 0. The van der Waals surface area contributed by atoms with Crippen molar-refractivity contribution in [2.24, 2.45) is 4.99 Å². The topological polar surface area (TPSA) is 51.4 Å². The zero-order valence-electron chi connectivity index (χ0n) is 10.4. The first-order valence-corrected chi connectivity index (χ1v) is 7.19. The molecule has 1 aliphatic heterocycles. The van der Waals surface area contributed by atoms with E-state index >= 15 is 0 Å². The van der Waals surface area contributed by atoms with Crippen LogP contribution in [0.3, 0.4) is 0 Å². The lowest BCUT2D eigenvalue weighted by Crippen LogP contribution is -2.18. The molecule has 0 aliphatic carbocycles. The minimum absolute atomic E-state index is 0.629. The zero-order chi connectivity index (χ0) is 12.8. The number of nitrogens with zero attached hydrogens (tertiary/aromatic N) is 3. The van der Waals surface area contributed by atoms with Crippen LogP contribution in [0.25, 0.3) is 0 Å². The lowest BCUT2D eigenvalue weighted by molar-refractivity contribution is 0.949. The van der Waals surface area contributed by atoms with Crippen LogP contribution >= 0.6 is 11.8 Å². The SMILES string of the molecule is CSC(=Nc1ccccc1N1CCCC1)NC#N. The molecule has 0 aromatic heterocycles. The van der Waals surface area contributed by atoms with Gasteiger partial charge in [-0.15, -0.1) is 0 Å². The summed E-state index contributed by atoms with van der Waals surface area (Å²) < 4.78 is 0. The Hall–Kier alpha value is -1.67. The Morgan fingerprint density at radius 2 is 2.11 bits per heavy atom. The number of thioether (sulfide) groups is 1. The van der Waals surface area contributed by atoms with Crippen LogP contribution in [0.1, 0.15) is 12.8 Å². The number of anilines is 1. The Morgan fingerprint density at radius 1 is 1.39 bits per heavy atom. The zero-order valence-corrected chi connectivity index (χ0v) is 11.2. The van der Waals surface area contributed by atoms with Crippen LogP contribution < -0.4 is 10.2 Å². The van der Waals surface area contributed by atoms with Gasteiger partial charge >= 0.3 is 0 Å². The maximum Gasteiger partial charge on any atom is 0.183 e. The summed E-state index contributed by atoms with van der Waals surface area (Å²) in [6.45, 7) is 2.18. The van der Waals surface area contributed by atoms with Gasteiger partial charge in [0, 0.05) is 13.1 Å². The lowest BCUT2D eigenvalue weighted by atomic mass is 10.2. The van der Waals surface area contributed by atoms with Crippen LogP contribution in [0.2, 0.25) is 0 Å². The molecule has 0 atom stereocenters. The largest absolute Gasteiger partial charge is 0.370 e. The highest BCUT2D eigenvalue weighted by Crippen LogP contribution is 2.31. The van der Waals surface area contributed by atoms with E-state index in [1.165, 1.54) is 24.6 Å². The highest BCUT2D eigenvalue weighted by Gasteiger charge is 2.15. The smallest absolute Gasteiger partial charge is 0.183 e. The van der Waals surface area contributed by atoms with E-state index in [4.69, 9.17) is 5.26 Å². The summed E-state index contributed by atoms with van der Waals surface area (Å²) in [6, 6.07) is 8.09. The Bertz CT molecular complexity index is 472. The van der Waals surface area contributed by atoms with E-state index in [0.29, 0.717) is 5.17 Å². The van der Waals surface area contributed by atoms with Gasteiger partial charge < -0.3 is 4.90 Å². The third kappa shape index (κ3) is 2.96. The number of para-hydroxylation sites is 2. The molecular weight excluding hydrogens is 244 g/mol. The Balaban J connectivity index is 2.29. The fourth-order valence-electron chi connectivity index (χ4n) is 2.07. The van der Waals surface area contributed by atoms with Gasteiger partial charge in [-0.05, 0) is 31.2 Å². The number of nitriles is 1. The highest BCUT2D eigenvalue weighted by atomic mass is 32.2. The van der Waals surface area contributed by atoms with E-state index in [9.17, 15) is 0 Å². The van der Waals surface area contributed by atoms with Gasteiger partial charge in [-0.25, -0.2) is 4.99 Å². The van der Waals surface area contributed by atoms with Crippen molar-refractivity contribution < 1.29 is 0 Å². The van der Waals surface area contributed by atoms with Crippen molar-refractivity contribution in [1.29, 1.82) is 5.26 Å². The maximum absolute atomic E-state index is 8.66. The van der Waals surface area contributed by atoms with E-state index in [0.717, 1.165) is 24.5 Å². The van der Waals surface area contributed by atoms with Crippen LogP contribution in [0.4, 0.5) is 11.4 Å². The number of benzene rings is 1. The molecule has 4 nitrogen and oxygen atoms in total. The summed E-state index contributed by atoms with van der Waals surface area (Å²) in [6.07, 6.45) is 6.30. The Kier molecular flexibility index (Phi) is 4.48. The third-order valence-corrected chi connectivity index (χ3v) is 3.49. The molecule has 0 amide bonds. The standard InChI is InChI=1S/C13H16N4S/c1-18-13(15-10-14)16-11-6-2-3-7-12(11)17-8-4-5-9-17/h2-3,6-7H,4-5,8-9H2,1H3,(H,15,16). The number of aliphatic imine (C=N–C) groups is 1. The van der Waals surface area contributed by atoms with Gasteiger partial charge in [0.1, 0.15) is 0 Å². The molecule has 1 fully saturated rings. The van der Waals surface area contributed by atoms with Gasteiger partial charge in [-0.3, -0.25) is 5.32 Å². The average Bonchev–Trinajstić information content (AvgIpc) is 2.92. The maximum atomic E-state index is 8.66. The minimum atomic E-state index is 0.629. The normalized spacial score (nSPS) is 15.6. The molecule has 0 radical (unpaired) electrons. The fourth-order valence-corrected chi connectivity index (χ4v) is 2.40. The van der Waals surface area contributed by atoms with E-state index < -0.39 is 0 Å². The number of hydrogen-bond donors (Lipinski definition) is 1. The third-order valence-electron chi connectivity index (χ3n) is 2.91. The number of rotatable bonds is 2. The quantitative estimate of drug-likeness (QED) is 0.384. The second-order valence-corrected chi connectivity index (χ2v) is 4.84. The highest BCUT2D eigenvalue weighted by molar-refractivity contribution is 8.13. The molecule has 0 bridgehead atoms. The van der Waals surface area contributed by atoms with Crippen LogP contribution in [-0.2, 0) is 0 Å². The summed E-state index contributed by atoms with van der Waals surface area (Å²) >= 11 is 1.44. The van der Waals surface area contributed by atoms with Crippen molar-refractivity contribution in [3.8, 4) is 6.19 Å². The first-order valence-electron chi connectivity index (χ1n) is 5.97. The average molecular weight is 260 g/mol. The molecule has 1 aliphatic rings. The van der Waals surface area contributed by atoms with Crippen LogP contribution in [0.15, 0.2) is 29.3 Å². The predicted octanol–water partition coefficient (Wildman–Crippen LogP) is 2.71. The van der Waals surface area contributed by atoms with Gasteiger partial charge in [0.05, 0.1) is 11.4 Å². The van der Waals surface area contributed by atoms with Gasteiger partial charge in [-0.2, -0.15) is 5.26 Å². The summed E-state index contributed by atoms with van der Waals surface area (Å²) in [5, 5.41) is 11.9. The number of hydrogen-bond acceptors (Lipinski definition) is 4. The molecule has 18 heavy (non-hydrogen) atoms. The summed E-state index contributed by atoms with van der Waals surface area (Å²) in [5.41, 5.74) is 2.08. The molecule has 0 spiro atoms. The fraction of sp³-hybridized carbons (Fsp3) is 0.385. The van der Waals surface area contributed by atoms with Crippen molar-refractivity contribution in [1.82, 2.24) is 5.32 Å². The molecule has 1 N–H and O–H groups in total. The van der Waals surface area contributed by atoms with Crippen molar-refractivity contribution in [3.05, 3.63) is 24.3 Å². The predicted molar refractivity (Wildman–Crippen MR) is 77.2 cm³/mol. The lowest BCUT2D eigenvalue weighted by Gasteiger charge is -2.19. The van der Waals surface area contributed by atoms with Gasteiger partial charge in [0.15, 0.2) is 11.4 Å².